The van der Waals surface area contributed by atoms with Crippen LogP contribution in [0, 0.1) is 5.92 Å². The summed E-state index contributed by atoms with van der Waals surface area (Å²) in [6, 6.07) is 3.05. The number of carbonyl (C=O) groups is 2. The molecule has 1 saturated heterocycles. The average molecular weight is 278 g/mol. The first-order chi connectivity index (χ1) is 9.58. The molecule has 0 saturated carbocycles. The van der Waals surface area contributed by atoms with Crippen LogP contribution in [0.25, 0.3) is 0 Å². The Hall–Kier alpha value is -2.18. The number of likely N-dealkylation sites (tertiary alicyclic amines) is 1. The second-order valence-electron chi connectivity index (χ2n) is 4.85. The van der Waals surface area contributed by atoms with Gasteiger partial charge in [-0.25, -0.2) is 4.68 Å². The van der Waals surface area contributed by atoms with E-state index in [0.717, 1.165) is 0 Å². The number of nitrogens with one attached hydrogen (secondary N) is 1. The molecule has 7 nitrogen and oxygen atoms in total. The van der Waals surface area contributed by atoms with Gasteiger partial charge >= 0.3 is 0 Å². The number of rotatable bonds is 5. The van der Waals surface area contributed by atoms with Crippen LogP contribution in [0.5, 0.6) is 0 Å². The zero-order chi connectivity index (χ0) is 14.5. The van der Waals surface area contributed by atoms with E-state index in [9.17, 15) is 14.4 Å². The Kier molecular flexibility index (Phi) is 4.49. The Morgan fingerprint density at radius 3 is 2.85 bits per heavy atom. The van der Waals surface area contributed by atoms with Crippen molar-refractivity contribution in [2.75, 3.05) is 19.6 Å². The summed E-state index contributed by atoms with van der Waals surface area (Å²) < 4.78 is 1.37. The molecule has 1 fully saturated rings. The molecule has 2 amide bonds. The summed E-state index contributed by atoms with van der Waals surface area (Å²) in [4.78, 5) is 35.8. The lowest BCUT2D eigenvalue weighted by atomic mass is 9.99. The molecule has 0 bridgehead atoms. The monoisotopic (exact) mass is 278 g/mol. The number of amides is 2. The Morgan fingerprint density at radius 1 is 1.45 bits per heavy atom. The van der Waals surface area contributed by atoms with Crippen molar-refractivity contribution in [3.05, 3.63) is 28.7 Å². The topological polar surface area (TPSA) is 84.3 Å². The summed E-state index contributed by atoms with van der Waals surface area (Å²) in [5.74, 6) is -0.129. The third-order valence-corrected chi connectivity index (χ3v) is 3.33. The highest BCUT2D eigenvalue weighted by Crippen LogP contribution is 2.15. The average Bonchev–Trinajstić information content (AvgIpc) is 2.34. The molecule has 0 aromatic carbocycles. The van der Waals surface area contributed by atoms with Gasteiger partial charge in [-0.1, -0.05) is 0 Å². The van der Waals surface area contributed by atoms with Gasteiger partial charge in [-0.3, -0.25) is 14.4 Å². The van der Waals surface area contributed by atoms with E-state index in [0.29, 0.717) is 32.6 Å². The van der Waals surface area contributed by atoms with Crippen molar-refractivity contribution in [2.45, 2.75) is 19.9 Å². The molecular formula is C13H18N4O3. The van der Waals surface area contributed by atoms with Crippen LogP contribution < -0.4 is 10.9 Å². The quantitative estimate of drug-likeness (QED) is 0.717. The molecular weight excluding hydrogens is 260 g/mol. The maximum absolute atomic E-state index is 11.7. The van der Waals surface area contributed by atoms with Crippen LogP contribution in [0.4, 0.5) is 0 Å². The van der Waals surface area contributed by atoms with E-state index in [4.69, 9.17) is 0 Å². The molecule has 1 N–H and O–H groups in total. The normalized spacial score (nSPS) is 14.8. The van der Waals surface area contributed by atoms with Crippen LogP contribution in [0.3, 0.4) is 0 Å². The molecule has 7 heteroatoms. The van der Waals surface area contributed by atoms with Crippen LogP contribution in [-0.2, 0) is 16.1 Å². The van der Waals surface area contributed by atoms with Crippen molar-refractivity contribution in [3.8, 4) is 0 Å². The van der Waals surface area contributed by atoms with Crippen molar-refractivity contribution in [3.63, 3.8) is 0 Å². The van der Waals surface area contributed by atoms with Crippen molar-refractivity contribution in [1.82, 2.24) is 20.0 Å². The fourth-order valence-electron chi connectivity index (χ4n) is 2.04. The lowest BCUT2D eigenvalue weighted by molar-refractivity contribution is -0.141. The predicted octanol–water partition coefficient (Wildman–Crippen LogP) is -0.772. The third-order valence-electron chi connectivity index (χ3n) is 3.33. The van der Waals surface area contributed by atoms with E-state index in [1.807, 2.05) is 0 Å². The van der Waals surface area contributed by atoms with E-state index in [1.54, 1.807) is 17.2 Å². The molecule has 0 spiro atoms. The van der Waals surface area contributed by atoms with Crippen molar-refractivity contribution < 1.29 is 9.59 Å². The van der Waals surface area contributed by atoms with Crippen LogP contribution in [0.2, 0.25) is 0 Å². The van der Waals surface area contributed by atoms with Gasteiger partial charge in [0, 0.05) is 45.4 Å². The molecule has 1 aliphatic heterocycles. The molecule has 2 rings (SSSR count). The first-order valence-electron chi connectivity index (χ1n) is 6.63. The van der Waals surface area contributed by atoms with Gasteiger partial charge in [0.25, 0.3) is 5.56 Å². The van der Waals surface area contributed by atoms with E-state index in [-0.39, 0.29) is 23.3 Å². The number of carbonyl (C=O) groups excluding carboxylic acids is 2. The van der Waals surface area contributed by atoms with Gasteiger partial charge in [0.1, 0.15) is 0 Å². The van der Waals surface area contributed by atoms with Gasteiger partial charge in [0.2, 0.25) is 11.8 Å². The van der Waals surface area contributed by atoms with Gasteiger partial charge in [0.15, 0.2) is 0 Å². The summed E-state index contributed by atoms with van der Waals surface area (Å²) in [5, 5.41) is 6.75. The Morgan fingerprint density at radius 2 is 2.20 bits per heavy atom. The van der Waals surface area contributed by atoms with Crippen LogP contribution in [0.15, 0.2) is 23.1 Å². The van der Waals surface area contributed by atoms with E-state index in [1.165, 1.54) is 17.7 Å². The molecule has 0 radical (unpaired) electrons. The molecule has 0 atom stereocenters. The van der Waals surface area contributed by atoms with Gasteiger partial charge < -0.3 is 10.2 Å². The lowest BCUT2D eigenvalue weighted by Crippen LogP contribution is -2.55. The van der Waals surface area contributed by atoms with Crippen LogP contribution >= 0.6 is 0 Å². The lowest BCUT2D eigenvalue weighted by Gasteiger charge is -2.37. The maximum Gasteiger partial charge on any atom is 0.266 e. The van der Waals surface area contributed by atoms with Crippen molar-refractivity contribution in [1.29, 1.82) is 0 Å². The molecule has 1 aromatic rings. The summed E-state index contributed by atoms with van der Waals surface area (Å²) in [5.41, 5.74) is -0.144. The number of hydrogen-bond acceptors (Lipinski definition) is 4. The van der Waals surface area contributed by atoms with E-state index in [2.05, 4.69) is 10.4 Å². The van der Waals surface area contributed by atoms with Crippen molar-refractivity contribution in [2.24, 2.45) is 5.92 Å². The summed E-state index contributed by atoms with van der Waals surface area (Å²) in [6.07, 6.45) is 2.20. The molecule has 2 heterocycles. The maximum atomic E-state index is 11.7. The second kappa shape index (κ2) is 6.31. The fraction of sp³-hybridized carbons (Fsp3) is 0.538. The Bertz CT molecular complexity index is 549. The molecule has 0 unspecified atom stereocenters. The fourth-order valence-corrected chi connectivity index (χ4v) is 2.04. The Labute approximate surface area is 116 Å². The summed E-state index contributed by atoms with van der Waals surface area (Å²) in [6.45, 7) is 3.48. The standard InChI is InChI=1S/C13H18N4O3/c1-10(18)16-8-11(9-16)13(20)14-5-3-7-17-12(19)4-2-6-15-17/h2,4,6,11H,3,5,7-9H2,1H3,(H,14,20). The molecule has 108 valence electrons. The minimum atomic E-state index is -0.144. The molecule has 0 aliphatic carbocycles. The zero-order valence-electron chi connectivity index (χ0n) is 11.4. The SMILES string of the molecule is CC(=O)N1CC(C(=O)NCCCn2ncccc2=O)C1. The second-order valence-corrected chi connectivity index (χ2v) is 4.85. The number of hydrogen-bond donors (Lipinski definition) is 1. The number of nitrogens with zero attached hydrogens (tertiary/aromatic N) is 3. The van der Waals surface area contributed by atoms with Gasteiger partial charge in [-0.15, -0.1) is 0 Å². The minimum Gasteiger partial charge on any atom is -0.356 e. The predicted molar refractivity (Wildman–Crippen MR) is 71.9 cm³/mol. The third kappa shape index (κ3) is 3.43. The van der Waals surface area contributed by atoms with Gasteiger partial charge in [0.05, 0.1) is 5.92 Å². The van der Waals surface area contributed by atoms with Crippen LogP contribution in [0.1, 0.15) is 13.3 Å². The van der Waals surface area contributed by atoms with E-state index >= 15 is 0 Å². The highest BCUT2D eigenvalue weighted by atomic mass is 16.2. The highest BCUT2D eigenvalue weighted by molar-refractivity contribution is 5.83. The number of aromatic nitrogens is 2. The van der Waals surface area contributed by atoms with Crippen LogP contribution in [-0.4, -0.2) is 46.1 Å². The largest absolute Gasteiger partial charge is 0.356 e. The minimum absolute atomic E-state index is 0.00331. The van der Waals surface area contributed by atoms with Gasteiger partial charge in [-0.2, -0.15) is 5.10 Å². The Balaban J connectivity index is 1.65. The molecule has 20 heavy (non-hydrogen) atoms. The highest BCUT2D eigenvalue weighted by Gasteiger charge is 2.33. The molecule has 1 aromatic heterocycles. The molecule has 1 aliphatic rings. The number of aryl methyl sites for hydroxylation is 1. The first-order valence-corrected chi connectivity index (χ1v) is 6.63. The smallest absolute Gasteiger partial charge is 0.266 e. The van der Waals surface area contributed by atoms with Crippen molar-refractivity contribution >= 4 is 11.8 Å². The summed E-state index contributed by atoms with van der Waals surface area (Å²) >= 11 is 0. The van der Waals surface area contributed by atoms with E-state index < -0.39 is 0 Å². The van der Waals surface area contributed by atoms with Gasteiger partial charge in [-0.05, 0) is 12.5 Å². The summed E-state index contributed by atoms with van der Waals surface area (Å²) in [7, 11) is 0. The zero-order valence-corrected chi connectivity index (χ0v) is 11.4. The first kappa shape index (κ1) is 14.2.